The van der Waals surface area contributed by atoms with Crippen LogP contribution in [0.15, 0.2) is 78.9 Å². The summed E-state index contributed by atoms with van der Waals surface area (Å²) in [6.45, 7) is 4.97. The van der Waals surface area contributed by atoms with Gasteiger partial charge in [-0.05, 0) is 66.1 Å². The van der Waals surface area contributed by atoms with Crippen molar-refractivity contribution in [3.63, 3.8) is 0 Å². The van der Waals surface area contributed by atoms with E-state index >= 15 is 0 Å². The Morgan fingerprint density at radius 1 is 0.811 bits per heavy atom. The van der Waals surface area contributed by atoms with Gasteiger partial charge in [-0.15, -0.1) is 0 Å². The lowest BCUT2D eigenvalue weighted by Crippen LogP contribution is -2.39. The molecule has 3 aromatic carbocycles. The normalized spacial score (nSPS) is 13.5. The topological polar surface area (TPSA) is 110 Å². The first-order valence-electron chi connectivity index (χ1n) is 13.1. The summed E-state index contributed by atoms with van der Waals surface area (Å²) >= 11 is 0. The zero-order chi connectivity index (χ0) is 26.6. The highest BCUT2D eigenvalue weighted by Gasteiger charge is 2.17. The molecule has 37 heavy (non-hydrogen) atoms. The maximum absolute atomic E-state index is 12.6. The first kappa shape index (κ1) is 28.3. The van der Waals surface area contributed by atoms with Gasteiger partial charge < -0.3 is 22.1 Å². The SMILES string of the molecule is CC(=O)Nc1ccc(-c2ccc(C[C@H](C)CC(=O)[C@@H](N)CCNC[C@@H](N)Cc3ccccc3)cc2)cc1. The molecule has 0 saturated carbocycles. The average Bonchev–Trinajstić information content (AvgIpc) is 2.87. The van der Waals surface area contributed by atoms with Crippen molar-refractivity contribution in [2.24, 2.45) is 17.4 Å². The molecule has 6 nitrogen and oxygen atoms in total. The van der Waals surface area contributed by atoms with Gasteiger partial charge in [-0.3, -0.25) is 9.59 Å². The van der Waals surface area contributed by atoms with E-state index in [2.05, 4.69) is 54.0 Å². The molecule has 0 radical (unpaired) electrons. The van der Waals surface area contributed by atoms with Crippen molar-refractivity contribution in [3.05, 3.63) is 90.0 Å². The zero-order valence-corrected chi connectivity index (χ0v) is 22.0. The maximum Gasteiger partial charge on any atom is 0.221 e. The molecule has 0 aliphatic rings. The summed E-state index contributed by atoms with van der Waals surface area (Å²) in [5.41, 5.74) is 17.8. The molecular formula is C31H40N4O2. The van der Waals surface area contributed by atoms with Crippen LogP contribution in [0.25, 0.3) is 11.1 Å². The van der Waals surface area contributed by atoms with Crippen LogP contribution in [0.5, 0.6) is 0 Å². The lowest BCUT2D eigenvalue weighted by atomic mass is 9.92. The Morgan fingerprint density at radius 3 is 2.03 bits per heavy atom. The molecule has 0 aliphatic heterocycles. The minimum atomic E-state index is -0.455. The molecule has 3 aromatic rings. The fraction of sp³-hybridized carbons (Fsp3) is 0.355. The molecule has 196 valence electrons. The zero-order valence-electron chi connectivity index (χ0n) is 22.0. The standard InChI is InChI=1S/C31H40N4O2/c1-22(18-25-8-10-26(11-9-25)27-12-14-29(15-13-27)35-23(2)36)19-31(37)30(33)16-17-34-21-28(32)20-24-6-4-3-5-7-24/h3-15,22,28,30,34H,16-21,32-33H2,1-2H3,(H,35,36)/t22-,28-,30-/m0/s1. The van der Waals surface area contributed by atoms with Crippen molar-refractivity contribution in [1.29, 1.82) is 0 Å². The summed E-state index contributed by atoms with van der Waals surface area (Å²) in [6, 6.07) is 26.0. The molecule has 6 N–H and O–H groups in total. The first-order chi connectivity index (χ1) is 17.8. The van der Waals surface area contributed by atoms with E-state index in [-0.39, 0.29) is 23.7 Å². The van der Waals surface area contributed by atoms with Gasteiger partial charge in [-0.1, -0.05) is 73.7 Å². The number of anilines is 1. The Hall–Kier alpha value is -3.32. The van der Waals surface area contributed by atoms with Crippen LogP contribution in [0, 0.1) is 5.92 Å². The van der Waals surface area contributed by atoms with Crippen molar-refractivity contribution in [2.45, 2.75) is 51.6 Å². The Kier molecular flexibility index (Phi) is 11.0. The van der Waals surface area contributed by atoms with E-state index < -0.39 is 6.04 Å². The molecule has 0 bridgehead atoms. The number of Topliss-reactive ketones (excluding diaryl/α,β-unsaturated/α-hetero) is 1. The van der Waals surface area contributed by atoms with Gasteiger partial charge >= 0.3 is 0 Å². The molecule has 0 aromatic heterocycles. The number of carbonyl (C=O) groups excluding carboxylic acids is 2. The lowest BCUT2D eigenvalue weighted by molar-refractivity contribution is -0.121. The van der Waals surface area contributed by atoms with Gasteiger partial charge in [-0.25, -0.2) is 0 Å². The number of nitrogens with one attached hydrogen (secondary N) is 2. The van der Waals surface area contributed by atoms with Crippen LogP contribution in [0.3, 0.4) is 0 Å². The summed E-state index contributed by atoms with van der Waals surface area (Å²) in [5, 5.41) is 6.12. The second kappa shape index (κ2) is 14.4. The molecule has 0 heterocycles. The predicted molar refractivity (Wildman–Crippen MR) is 152 cm³/mol. The third kappa shape index (κ3) is 9.92. The monoisotopic (exact) mass is 500 g/mol. The Bertz CT molecular complexity index is 1110. The highest BCUT2D eigenvalue weighted by molar-refractivity contribution is 5.89. The van der Waals surface area contributed by atoms with Crippen LogP contribution in [-0.4, -0.2) is 36.9 Å². The summed E-state index contributed by atoms with van der Waals surface area (Å²) in [7, 11) is 0. The van der Waals surface area contributed by atoms with E-state index in [0.717, 1.165) is 29.7 Å². The summed E-state index contributed by atoms with van der Waals surface area (Å²) < 4.78 is 0. The summed E-state index contributed by atoms with van der Waals surface area (Å²) in [5.74, 6) is 0.244. The third-order valence-electron chi connectivity index (χ3n) is 6.42. The van der Waals surface area contributed by atoms with Gasteiger partial charge in [0.1, 0.15) is 5.78 Å². The van der Waals surface area contributed by atoms with Crippen molar-refractivity contribution in [1.82, 2.24) is 5.32 Å². The van der Waals surface area contributed by atoms with E-state index in [0.29, 0.717) is 25.9 Å². The van der Waals surface area contributed by atoms with Crippen molar-refractivity contribution < 1.29 is 9.59 Å². The van der Waals surface area contributed by atoms with E-state index in [9.17, 15) is 9.59 Å². The maximum atomic E-state index is 12.6. The average molecular weight is 501 g/mol. The van der Waals surface area contributed by atoms with E-state index in [1.54, 1.807) is 0 Å². The number of nitrogens with two attached hydrogens (primary N) is 2. The van der Waals surface area contributed by atoms with E-state index in [1.807, 2.05) is 42.5 Å². The molecular weight excluding hydrogens is 460 g/mol. The Balaban J connectivity index is 1.37. The predicted octanol–water partition coefficient (Wildman–Crippen LogP) is 4.33. The highest BCUT2D eigenvalue weighted by atomic mass is 16.1. The minimum absolute atomic E-state index is 0.0313. The number of hydrogen-bond acceptors (Lipinski definition) is 5. The smallest absolute Gasteiger partial charge is 0.221 e. The quantitative estimate of drug-likeness (QED) is 0.246. The molecule has 1 amide bonds. The van der Waals surface area contributed by atoms with Gasteiger partial charge in [0.2, 0.25) is 5.91 Å². The van der Waals surface area contributed by atoms with E-state index in [4.69, 9.17) is 11.5 Å². The van der Waals surface area contributed by atoms with Crippen molar-refractivity contribution >= 4 is 17.4 Å². The largest absolute Gasteiger partial charge is 0.326 e. The Morgan fingerprint density at radius 2 is 1.41 bits per heavy atom. The number of hydrogen-bond donors (Lipinski definition) is 4. The fourth-order valence-corrected chi connectivity index (χ4v) is 4.45. The number of amides is 1. The van der Waals surface area contributed by atoms with E-state index in [1.165, 1.54) is 18.1 Å². The van der Waals surface area contributed by atoms with Crippen LogP contribution in [0.1, 0.15) is 37.8 Å². The van der Waals surface area contributed by atoms with Crippen LogP contribution in [-0.2, 0) is 22.4 Å². The van der Waals surface area contributed by atoms with Gasteiger partial charge in [-0.2, -0.15) is 0 Å². The molecule has 0 saturated heterocycles. The second-order valence-corrected chi connectivity index (χ2v) is 9.98. The van der Waals surface area contributed by atoms with Crippen LogP contribution in [0.4, 0.5) is 5.69 Å². The van der Waals surface area contributed by atoms with Gasteiger partial charge in [0.05, 0.1) is 6.04 Å². The number of benzene rings is 3. The number of ketones is 1. The van der Waals surface area contributed by atoms with Gasteiger partial charge in [0, 0.05) is 31.6 Å². The molecule has 0 fully saturated rings. The molecule has 0 unspecified atom stereocenters. The molecule has 6 heteroatoms. The first-order valence-corrected chi connectivity index (χ1v) is 13.1. The minimum Gasteiger partial charge on any atom is -0.326 e. The lowest BCUT2D eigenvalue weighted by Gasteiger charge is -2.17. The molecule has 0 aliphatic carbocycles. The van der Waals surface area contributed by atoms with Gasteiger partial charge in [0.15, 0.2) is 0 Å². The molecule has 0 spiro atoms. The number of rotatable bonds is 14. The molecule has 3 rings (SSSR count). The van der Waals surface area contributed by atoms with Crippen LogP contribution >= 0.6 is 0 Å². The Labute approximate surface area is 220 Å². The molecule has 3 atom stereocenters. The second-order valence-electron chi connectivity index (χ2n) is 9.98. The van der Waals surface area contributed by atoms with Gasteiger partial charge in [0.25, 0.3) is 0 Å². The fourth-order valence-electron chi connectivity index (χ4n) is 4.45. The summed E-state index contributed by atoms with van der Waals surface area (Å²) in [6.07, 6.45) is 2.73. The van der Waals surface area contributed by atoms with Crippen molar-refractivity contribution in [3.8, 4) is 11.1 Å². The summed E-state index contributed by atoms with van der Waals surface area (Å²) in [4.78, 5) is 23.8. The highest BCUT2D eigenvalue weighted by Crippen LogP contribution is 2.23. The van der Waals surface area contributed by atoms with Crippen molar-refractivity contribution in [2.75, 3.05) is 18.4 Å². The van der Waals surface area contributed by atoms with Crippen LogP contribution in [0.2, 0.25) is 0 Å². The number of carbonyl (C=O) groups is 2. The van der Waals surface area contributed by atoms with Crippen LogP contribution < -0.4 is 22.1 Å². The third-order valence-corrected chi connectivity index (χ3v) is 6.42.